The lowest BCUT2D eigenvalue weighted by Gasteiger charge is -2.40. The van der Waals surface area contributed by atoms with Crippen molar-refractivity contribution in [1.29, 1.82) is 0 Å². The van der Waals surface area contributed by atoms with Gasteiger partial charge in [0, 0.05) is 40.3 Å². The van der Waals surface area contributed by atoms with Crippen LogP contribution in [0, 0.1) is 5.41 Å². The topological polar surface area (TPSA) is 68.4 Å². The zero-order valence-corrected chi connectivity index (χ0v) is 13.1. The molecule has 1 aromatic rings. The minimum atomic E-state index is -0.672. The number of hydrogen-bond acceptors (Lipinski definition) is 4. The number of nitrogens with two attached hydrogens (primary N) is 1. The molecular weight excluding hydrogens is 364 g/mol. The summed E-state index contributed by atoms with van der Waals surface area (Å²) in [6.45, 7) is 1.71. The second-order valence-corrected chi connectivity index (χ2v) is 6.37. The standard InChI is InChI=1S/C12H16Br2N2O2/c13-8-5-9(14)10(16-6-8)11(17)12(7-15)1-3-18-4-2-12/h5-6,11,17H,1-4,7,15H2. The van der Waals surface area contributed by atoms with Crippen molar-refractivity contribution in [1.82, 2.24) is 4.98 Å². The highest BCUT2D eigenvalue weighted by molar-refractivity contribution is 9.11. The van der Waals surface area contributed by atoms with Gasteiger partial charge in [-0.1, -0.05) is 0 Å². The minimum Gasteiger partial charge on any atom is -0.386 e. The molecule has 0 aromatic carbocycles. The first kappa shape index (κ1) is 14.4. The normalized spacial score (nSPS) is 20.7. The molecular formula is C12H16Br2N2O2. The largest absolute Gasteiger partial charge is 0.386 e. The summed E-state index contributed by atoms with van der Waals surface area (Å²) in [5.74, 6) is 0. The smallest absolute Gasteiger partial charge is 0.104 e. The molecule has 1 aromatic heterocycles. The number of aliphatic hydroxyl groups is 1. The number of halogens is 2. The highest BCUT2D eigenvalue weighted by Gasteiger charge is 2.40. The van der Waals surface area contributed by atoms with Crippen LogP contribution >= 0.6 is 31.9 Å². The van der Waals surface area contributed by atoms with Crippen LogP contribution in [0.4, 0.5) is 0 Å². The van der Waals surface area contributed by atoms with Crippen LogP contribution in [0.5, 0.6) is 0 Å². The molecule has 0 amide bonds. The molecule has 6 heteroatoms. The van der Waals surface area contributed by atoms with E-state index in [-0.39, 0.29) is 5.41 Å². The molecule has 1 fully saturated rings. The summed E-state index contributed by atoms with van der Waals surface area (Å²) in [7, 11) is 0. The minimum absolute atomic E-state index is 0.332. The average Bonchev–Trinajstić information content (AvgIpc) is 2.39. The molecule has 4 nitrogen and oxygen atoms in total. The van der Waals surface area contributed by atoms with Crippen LogP contribution in [0.25, 0.3) is 0 Å². The summed E-state index contributed by atoms with van der Waals surface area (Å²) in [6, 6.07) is 1.88. The van der Waals surface area contributed by atoms with E-state index < -0.39 is 6.10 Å². The quantitative estimate of drug-likeness (QED) is 0.846. The van der Waals surface area contributed by atoms with E-state index in [9.17, 15) is 5.11 Å². The third-order valence-corrected chi connectivity index (χ3v) is 4.64. The number of nitrogens with zero attached hydrogens (tertiary/aromatic N) is 1. The highest BCUT2D eigenvalue weighted by atomic mass is 79.9. The highest BCUT2D eigenvalue weighted by Crippen LogP contribution is 2.43. The lowest BCUT2D eigenvalue weighted by Crippen LogP contribution is -2.42. The molecule has 0 spiro atoms. The maximum Gasteiger partial charge on any atom is 0.104 e. The van der Waals surface area contributed by atoms with E-state index in [4.69, 9.17) is 10.5 Å². The van der Waals surface area contributed by atoms with Crippen molar-refractivity contribution in [2.24, 2.45) is 11.1 Å². The number of hydrogen-bond donors (Lipinski definition) is 2. The molecule has 2 heterocycles. The Labute approximate surface area is 123 Å². The van der Waals surface area contributed by atoms with Gasteiger partial charge in [0.1, 0.15) is 6.10 Å². The van der Waals surface area contributed by atoms with Crippen LogP contribution in [0.2, 0.25) is 0 Å². The van der Waals surface area contributed by atoms with E-state index in [1.807, 2.05) is 6.07 Å². The van der Waals surface area contributed by atoms with Crippen molar-refractivity contribution in [2.75, 3.05) is 19.8 Å². The molecule has 0 saturated carbocycles. The zero-order chi connectivity index (χ0) is 13.2. The molecule has 1 atom stereocenters. The van der Waals surface area contributed by atoms with Gasteiger partial charge in [0.05, 0.1) is 5.69 Å². The Balaban J connectivity index is 2.30. The summed E-state index contributed by atoms with van der Waals surface area (Å²) < 4.78 is 7.02. The van der Waals surface area contributed by atoms with Crippen molar-refractivity contribution >= 4 is 31.9 Å². The van der Waals surface area contributed by atoms with Gasteiger partial charge < -0.3 is 15.6 Å². The molecule has 3 N–H and O–H groups in total. The van der Waals surface area contributed by atoms with E-state index in [2.05, 4.69) is 36.8 Å². The summed E-state index contributed by atoms with van der Waals surface area (Å²) in [4.78, 5) is 4.31. The lowest BCUT2D eigenvalue weighted by atomic mass is 9.74. The Hall–Kier alpha value is -0.0100. The Bertz CT molecular complexity index is 423. The summed E-state index contributed by atoms with van der Waals surface area (Å²) in [5.41, 5.74) is 6.20. The van der Waals surface area contributed by atoms with Gasteiger partial charge in [0.15, 0.2) is 0 Å². The van der Waals surface area contributed by atoms with Gasteiger partial charge in [0.2, 0.25) is 0 Å². The Kier molecular flexibility index (Phi) is 4.77. The fourth-order valence-electron chi connectivity index (χ4n) is 2.28. The predicted octanol–water partition coefficient (Wildman–Crippen LogP) is 2.40. The van der Waals surface area contributed by atoms with Gasteiger partial charge in [-0.05, 0) is 50.8 Å². The Morgan fingerprint density at radius 3 is 2.67 bits per heavy atom. The monoisotopic (exact) mass is 378 g/mol. The summed E-state index contributed by atoms with van der Waals surface area (Å²) in [6.07, 6.45) is 2.53. The molecule has 18 heavy (non-hydrogen) atoms. The van der Waals surface area contributed by atoms with Gasteiger partial charge in [-0.15, -0.1) is 0 Å². The predicted molar refractivity (Wildman–Crippen MR) is 76.1 cm³/mol. The van der Waals surface area contributed by atoms with Crippen molar-refractivity contribution in [3.05, 3.63) is 26.9 Å². The van der Waals surface area contributed by atoms with Gasteiger partial charge in [-0.25, -0.2) is 0 Å². The first-order chi connectivity index (χ1) is 8.59. The molecule has 1 saturated heterocycles. The van der Waals surface area contributed by atoms with E-state index >= 15 is 0 Å². The van der Waals surface area contributed by atoms with E-state index in [0.717, 1.165) is 21.8 Å². The summed E-state index contributed by atoms with van der Waals surface area (Å²) >= 11 is 6.80. The Morgan fingerprint density at radius 2 is 2.11 bits per heavy atom. The molecule has 1 aliphatic rings. The van der Waals surface area contributed by atoms with Crippen molar-refractivity contribution in [3.63, 3.8) is 0 Å². The third kappa shape index (κ3) is 2.77. The van der Waals surface area contributed by atoms with Crippen LogP contribution in [-0.2, 0) is 4.74 Å². The van der Waals surface area contributed by atoms with E-state index in [1.54, 1.807) is 6.20 Å². The van der Waals surface area contributed by atoms with Crippen molar-refractivity contribution in [2.45, 2.75) is 18.9 Å². The van der Waals surface area contributed by atoms with Crippen LogP contribution < -0.4 is 5.73 Å². The van der Waals surface area contributed by atoms with Gasteiger partial charge in [-0.2, -0.15) is 0 Å². The number of ether oxygens (including phenoxy) is 1. The Morgan fingerprint density at radius 1 is 1.44 bits per heavy atom. The first-order valence-electron chi connectivity index (χ1n) is 5.86. The first-order valence-corrected chi connectivity index (χ1v) is 7.44. The van der Waals surface area contributed by atoms with E-state index in [1.165, 1.54) is 0 Å². The molecule has 1 unspecified atom stereocenters. The zero-order valence-electron chi connectivity index (χ0n) is 9.90. The van der Waals surface area contributed by atoms with Crippen LogP contribution in [0.1, 0.15) is 24.6 Å². The fraction of sp³-hybridized carbons (Fsp3) is 0.583. The maximum absolute atomic E-state index is 10.6. The number of aliphatic hydroxyl groups excluding tert-OH is 1. The van der Waals surface area contributed by atoms with Crippen LogP contribution in [0.15, 0.2) is 21.2 Å². The lowest BCUT2D eigenvalue weighted by molar-refractivity contribution is -0.0600. The number of pyridine rings is 1. The molecule has 0 radical (unpaired) electrons. The van der Waals surface area contributed by atoms with Crippen molar-refractivity contribution in [3.8, 4) is 0 Å². The third-order valence-electron chi connectivity index (χ3n) is 3.57. The molecule has 2 rings (SSSR count). The summed E-state index contributed by atoms with van der Waals surface area (Å²) in [5, 5.41) is 10.6. The fourth-order valence-corrected chi connectivity index (χ4v) is 3.49. The average molecular weight is 380 g/mol. The second-order valence-electron chi connectivity index (χ2n) is 4.60. The van der Waals surface area contributed by atoms with Gasteiger partial charge >= 0.3 is 0 Å². The maximum atomic E-state index is 10.6. The SMILES string of the molecule is NCC1(C(O)c2ncc(Br)cc2Br)CCOCC1. The van der Waals surface area contributed by atoms with E-state index in [0.29, 0.717) is 25.5 Å². The number of aromatic nitrogens is 1. The molecule has 0 bridgehead atoms. The van der Waals surface area contributed by atoms with Crippen LogP contribution in [0.3, 0.4) is 0 Å². The van der Waals surface area contributed by atoms with Crippen molar-refractivity contribution < 1.29 is 9.84 Å². The number of rotatable bonds is 3. The van der Waals surface area contributed by atoms with Gasteiger partial charge in [-0.3, -0.25) is 4.98 Å². The molecule has 0 aliphatic carbocycles. The van der Waals surface area contributed by atoms with Gasteiger partial charge in [0.25, 0.3) is 0 Å². The van der Waals surface area contributed by atoms with Crippen LogP contribution in [-0.4, -0.2) is 29.8 Å². The second kappa shape index (κ2) is 5.96. The molecule has 1 aliphatic heterocycles. The molecule has 100 valence electrons.